The number of hydrogen-bond acceptors (Lipinski definition) is 8. The Bertz CT molecular complexity index is 1410. The van der Waals surface area contributed by atoms with E-state index in [1.165, 1.54) is 13.2 Å². The van der Waals surface area contributed by atoms with Crippen molar-refractivity contribution in [3.8, 4) is 17.2 Å². The zero-order valence-electron chi connectivity index (χ0n) is 18.0. The van der Waals surface area contributed by atoms with Crippen LogP contribution in [0.1, 0.15) is 11.1 Å². The number of rotatable bonds is 7. The first-order valence-corrected chi connectivity index (χ1v) is 10.7. The monoisotopic (exact) mass is 538 g/mol. The molecule has 4 rings (SSSR count). The maximum atomic E-state index is 12.3. The van der Waals surface area contributed by atoms with Gasteiger partial charge >= 0.3 is 11.7 Å². The summed E-state index contributed by atoms with van der Waals surface area (Å²) in [7, 11) is 1.39. The van der Waals surface area contributed by atoms with Gasteiger partial charge in [-0.3, -0.25) is 20.2 Å². The quantitative estimate of drug-likeness (QED) is 0.154. The smallest absolute Gasteiger partial charge is 0.343 e. The van der Waals surface area contributed by atoms with Crippen LogP contribution < -0.4 is 9.47 Å². The maximum absolute atomic E-state index is 12.3. The van der Waals surface area contributed by atoms with Crippen LogP contribution in [0.25, 0.3) is 11.8 Å². The number of cyclic esters (lactones) is 1. The summed E-state index contributed by atoms with van der Waals surface area (Å²) < 4.78 is 17.2. The summed E-state index contributed by atoms with van der Waals surface area (Å²) in [4.78, 5) is 33.2. The molecule has 0 N–H and O–H groups in total. The Hall–Kier alpha value is -4.51. The van der Waals surface area contributed by atoms with Gasteiger partial charge < -0.3 is 14.2 Å². The van der Waals surface area contributed by atoms with Gasteiger partial charge in [-0.2, -0.15) is 0 Å². The Balaban J connectivity index is 1.62. The molecule has 0 saturated carbocycles. The molecule has 3 aromatic rings. The SMILES string of the molecule is COc1cc(/C=C2\C=C(c3ccc(Br)cc3)OC2=O)ccc1Oc1ccc([N+](=O)[O-])cc1[N+](=O)[O-]. The Labute approximate surface area is 206 Å². The topological polar surface area (TPSA) is 131 Å². The highest BCUT2D eigenvalue weighted by atomic mass is 79.9. The van der Waals surface area contributed by atoms with Gasteiger partial charge in [-0.15, -0.1) is 0 Å². The van der Waals surface area contributed by atoms with E-state index in [0.29, 0.717) is 16.9 Å². The molecule has 0 amide bonds. The summed E-state index contributed by atoms with van der Waals surface area (Å²) in [6.45, 7) is 0. The standard InChI is InChI=1S/C24H15BrN2O8/c1-33-23-11-14(10-16-12-22(35-24(16)28)15-3-5-17(25)6-4-15)2-8-21(23)34-20-9-7-18(26(29)30)13-19(20)27(31)32/h2-13H,1H3/b16-10+. The van der Waals surface area contributed by atoms with Gasteiger partial charge in [0, 0.05) is 16.1 Å². The van der Waals surface area contributed by atoms with Gasteiger partial charge in [0.15, 0.2) is 11.5 Å². The van der Waals surface area contributed by atoms with Crippen LogP contribution >= 0.6 is 15.9 Å². The van der Waals surface area contributed by atoms with Crippen molar-refractivity contribution in [3.63, 3.8) is 0 Å². The number of carbonyl (C=O) groups is 1. The Morgan fingerprint density at radius 2 is 1.63 bits per heavy atom. The van der Waals surface area contributed by atoms with E-state index in [4.69, 9.17) is 14.2 Å². The molecule has 0 atom stereocenters. The molecular weight excluding hydrogens is 524 g/mol. The highest BCUT2D eigenvalue weighted by Gasteiger charge is 2.24. The summed E-state index contributed by atoms with van der Waals surface area (Å²) in [5.74, 6) is 0.100. The molecule has 10 nitrogen and oxygen atoms in total. The summed E-state index contributed by atoms with van der Waals surface area (Å²) in [5.41, 5.74) is 0.664. The van der Waals surface area contributed by atoms with E-state index in [9.17, 15) is 25.0 Å². The number of esters is 1. The number of ether oxygens (including phenoxy) is 3. The molecule has 1 heterocycles. The first-order valence-electron chi connectivity index (χ1n) is 9.95. The fourth-order valence-corrected chi connectivity index (χ4v) is 3.51. The summed E-state index contributed by atoms with van der Waals surface area (Å²) in [6.07, 6.45) is 3.23. The number of methoxy groups -OCH3 is 1. The van der Waals surface area contributed by atoms with E-state index < -0.39 is 27.2 Å². The molecule has 0 fully saturated rings. The predicted octanol–water partition coefficient (Wildman–Crippen LogP) is 6.05. The lowest BCUT2D eigenvalue weighted by Gasteiger charge is -2.11. The van der Waals surface area contributed by atoms with Gasteiger partial charge in [-0.1, -0.05) is 34.1 Å². The zero-order valence-corrected chi connectivity index (χ0v) is 19.6. The summed E-state index contributed by atoms with van der Waals surface area (Å²) >= 11 is 3.36. The molecule has 0 bridgehead atoms. The molecular formula is C24H15BrN2O8. The molecule has 3 aromatic carbocycles. The van der Waals surface area contributed by atoms with Crippen LogP contribution in [0.3, 0.4) is 0 Å². The van der Waals surface area contributed by atoms with Crippen LogP contribution in [0.5, 0.6) is 17.2 Å². The molecule has 0 aromatic heterocycles. The minimum Gasteiger partial charge on any atom is -0.493 e. The highest BCUT2D eigenvalue weighted by Crippen LogP contribution is 2.39. The average Bonchev–Trinajstić information content (AvgIpc) is 3.20. The normalized spacial score (nSPS) is 13.8. The number of carbonyl (C=O) groups excluding carboxylic acids is 1. The highest BCUT2D eigenvalue weighted by molar-refractivity contribution is 9.10. The Morgan fingerprint density at radius 1 is 0.914 bits per heavy atom. The fraction of sp³-hybridized carbons (Fsp3) is 0.0417. The first-order chi connectivity index (χ1) is 16.7. The van der Waals surface area contributed by atoms with E-state index in [-0.39, 0.29) is 17.2 Å². The molecule has 176 valence electrons. The van der Waals surface area contributed by atoms with Crippen LogP contribution in [0.2, 0.25) is 0 Å². The second-order valence-corrected chi connectivity index (χ2v) is 8.10. The number of non-ortho nitro benzene ring substituents is 1. The summed E-state index contributed by atoms with van der Waals surface area (Å²) in [6, 6.07) is 15.1. The largest absolute Gasteiger partial charge is 0.493 e. The molecule has 35 heavy (non-hydrogen) atoms. The van der Waals surface area contributed by atoms with Gasteiger partial charge in [0.05, 0.1) is 28.6 Å². The van der Waals surface area contributed by atoms with Crippen LogP contribution in [0, 0.1) is 20.2 Å². The van der Waals surface area contributed by atoms with Crippen molar-refractivity contribution in [3.05, 3.63) is 108 Å². The fourth-order valence-electron chi connectivity index (χ4n) is 3.25. The first kappa shape index (κ1) is 23.6. The van der Waals surface area contributed by atoms with E-state index in [2.05, 4.69) is 15.9 Å². The lowest BCUT2D eigenvalue weighted by molar-refractivity contribution is -0.394. The number of nitrogens with zero attached hydrogens (tertiary/aromatic N) is 2. The molecule has 11 heteroatoms. The number of halogens is 1. The van der Waals surface area contributed by atoms with Gasteiger partial charge in [0.1, 0.15) is 5.76 Å². The average molecular weight is 539 g/mol. The Kier molecular flexibility index (Phi) is 6.60. The third kappa shape index (κ3) is 5.20. The zero-order chi connectivity index (χ0) is 25.1. The lowest BCUT2D eigenvalue weighted by Crippen LogP contribution is -1.98. The molecule has 0 aliphatic carbocycles. The van der Waals surface area contributed by atoms with Gasteiger partial charge in [-0.05, 0) is 48.0 Å². The molecule has 1 aliphatic heterocycles. The van der Waals surface area contributed by atoms with Crippen molar-refractivity contribution in [1.82, 2.24) is 0 Å². The lowest BCUT2D eigenvalue weighted by atomic mass is 10.1. The number of benzene rings is 3. The second kappa shape index (κ2) is 9.77. The van der Waals surface area contributed by atoms with Crippen molar-refractivity contribution in [2.45, 2.75) is 0 Å². The minimum absolute atomic E-state index is 0.145. The molecule has 0 saturated heterocycles. The third-order valence-electron chi connectivity index (χ3n) is 4.93. The molecule has 0 spiro atoms. The number of nitro groups is 2. The predicted molar refractivity (Wildman–Crippen MR) is 129 cm³/mol. The molecule has 1 aliphatic rings. The van der Waals surface area contributed by atoms with Gasteiger partial charge in [0.25, 0.3) is 5.69 Å². The Morgan fingerprint density at radius 3 is 2.29 bits per heavy atom. The number of hydrogen-bond donors (Lipinski definition) is 0. The molecule has 0 radical (unpaired) electrons. The van der Waals surface area contributed by atoms with E-state index in [0.717, 1.165) is 28.2 Å². The van der Waals surface area contributed by atoms with Crippen molar-refractivity contribution in [2.24, 2.45) is 0 Å². The van der Waals surface area contributed by atoms with Crippen LogP contribution in [0.15, 0.2) is 76.8 Å². The van der Waals surface area contributed by atoms with Crippen molar-refractivity contribution < 1.29 is 28.9 Å². The van der Waals surface area contributed by atoms with Crippen molar-refractivity contribution >= 4 is 45.1 Å². The maximum Gasteiger partial charge on any atom is 0.343 e. The number of nitro benzene ring substituents is 2. The van der Waals surface area contributed by atoms with Crippen LogP contribution in [-0.4, -0.2) is 22.9 Å². The van der Waals surface area contributed by atoms with Crippen molar-refractivity contribution in [1.29, 1.82) is 0 Å². The van der Waals surface area contributed by atoms with Gasteiger partial charge in [-0.25, -0.2) is 4.79 Å². The van der Waals surface area contributed by atoms with Crippen molar-refractivity contribution in [2.75, 3.05) is 7.11 Å². The van der Waals surface area contributed by atoms with Crippen LogP contribution in [-0.2, 0) is 9.53 Å². The van der Waals surface area contributed by atoms with E-state index in [1.54, 1.807) is 24.3 Å². The summed E-state index contributed by atoms with van der Waals surface area (Å²) in [5, 5.41) is 22.3. The van der Waals surface area contributed by atoms with Gasteiger partial charge in [0.2, 0.25) is 5.75 Å². The van der Waals surface area contributed by atoms with E-state index >= 15 is 0 Å². The minimum atomic E-state index is -0.769. The van der Waals surface area contributed by atoms with Crippen LogP contribution in [0.4, 0.5) is 11.4 Å². The third-order valence-corrected chi connectivity index (χ3v) is 5.46. The molecule has 0 unspecified atom stereocenters. The second-order valence-electron chi connectivity index (χ2n) is 7.18. The van der Waals surface area contributed by atoms with E-state index in [1.807, 2.05) is 24.3 Å².